The molecule has 2 nitrogen and oxygen atoms in total. The molecule has 0 radical (unpaired) electrons. The van der Waals surface area contributed by atoms with Crippen molar-refractivity contribution in [3.05, 3.63) is 0 Å². The Labute approximate surface area is 88.1 Å². The molecule has 14 heavy (non-hydrogen) atoms. The van der Waals surface area contributed by atoms with Gasteiger partial charge in [-0.25, -0.2) is 0 Å². The summed E-state index contributed by atoms with van der Waals surface area (Å²) in [5.74, 6) is 1.15. The minimum absolute atomic E-state index is 0.309. The summed E-state index contributed by atoms with van der Waals surface area (Å²) < 4.78 is 0. The Morgan fingerprint density at radius 2 is 1.93 bits per heavy atom. The highest BCUT2D eigenvalue weighted by Gasteiger charge is 2.28. The third kappa shape index (κ3) is 2.96. The monoisotopic (exact) mass is 199 g/mol. The van der Waals surface area contributed by atoms with Gasteiger partial charge in [0.05, 0.1) is 5.60 Å². The Balaban J connectivity index is 2.24. The second-order valence-corrected chi connectivity index (χ2v) is 5.37. The smallest absolute Gasteiger partial charge is 0.0766 e. The zero-order valence-electron chi connectivity index (χ0n) is 10.0. The van der Waals surface area contributed by atoms with E-state index in [9.17, 15) is 5.11 Å². The third-order valence-corrected chi connectivity index (χ3v) is 3.88. The van der Waals surface area contributed by atoms with E-state index in [1.807, 2.05) is 6.92 Å². The van der Waals surface area contributed by atoms with Gasteiger partial charge in [0.25, 0.3) is 0 Å². The third-order valence-electron chi connectivity index (χ3n) is 3.88. The summed E-state index contributed by atoms with van der Waals surface area (Å²) in [6.07, 6.45) is 4.10. The molecule has 0 amide bonds. The van der Waals surface area contributed by atoms with Crippen molar-refractivity contribution in [3.8, 4) is 0 Å². The van der Waals surface area contributed by atoms with Crippen LogP contribution in [0, 0.1) is 11.8 Å². The van der Waals surface area contributed by atoms with E-state index in [1.54, 1.807) is 0 Å². The molecular formula is C12H25NO. The first-order valence-corrected chi connectivity index (χ1v) is 5.89. The van der Waals surface area contributed by atoms with Crippen LogP contribution in [0.3, 0.4) is 0 Å². The van der Waals surface area contributed by atoms with Crippen molar-refractivity contribution >= 4 is 0 Å². The fourth-order valence-electron chi connectivity index (χ4n) is 1.68. The summed E-state index contributed by atoms with van der Waals surface area (Å²) in [7, 11) is 0. The maximum absolute atomic E-state index is 10.1. The average molecular weight is 199 g/mol. The van der Waals surface area contributed by atoms with Crippen LogP contribution in [0.2, 0.25) is 0 Å². The van der Waals surface area contributed by atoms with Crippen LogP contribution >= 0.6 is 0 Å². The van der Waals surface area contributed by atoms with Crippen molar-refractivity contribution in [2.75, 3.05) is 6.54 Å². The maximum Gasteiger partial charge on any atom is 0.0766 e. The normalized spacial score (nSPS) is 24.4. The molecule has 0 aromatic rings. The van der Waals surface area contributed by atoms with E-state index >= 15 is 0 Å². The standard InChI is InChI=1S/C12H25NO/c1-9(2)12(4,14)8-13-10(3)11-6-5-7-11/h9-11,13-14H,5-8H2,1-4H3. The molecule has 0 aliphatic heterocycles. The first kappa shape index (κ1) is 12.0. The lowest BCUT2D eigenvalue weighted by Gasteiger charge is -2.35. The van der Waals surface area contributed by atoms with Crippen LogP contribution in [0.5, 0.6) is 0 Å². The number of hydrogen-bond acceptors (Lipinski definition) is 2. The van der Waals surface area contributed by atoms with Gasteiger partial charge in [-0.05, 0) is 38.5 Å². The zero-order valence-corrected chi connectivity index (χ0v) is 10.0. The minimum atomic E-state index is -0.571. The lowest BCUT2D eigenvalue weighted by molar-refractivity contribution is 0.00910. The summed E-state index contributed by atoms with van der Waals surface area (Å²) >= 11 is 0. The van der Waals surface area contributed by atoms with Crippen molar-refractivity contribution < 1.29 is 5.11 Å². The van der Waals surface area contributed by atoms with Gasteiger partial charge < -0.3 is 10.4 Å². The van der Waals surface area contributed by atoms with Crippen molar-refractivity contribution in [1.82, 2.24) is 5.32 Å². The Bertz CT molecular complexity index is 173. The molecule has 0 heterocycles. The number of nitrogens with one attached hydrogen (secondary N) is 1. The molecule has 0 aromatic heterocycles. The first-order chi connectivity index (χ1) is 6.43. The molecule has 1 aliphatic carbocycles. The maximum atomic E-state index is 10.1. The molecule has 0 saturated heterocycles. The predicted octanol–water partition coefficient (Wildman–Crippen LogP) is 2.17. The van der Waals surface area contributed by atoms with Crippen LogP contribution in [0.15, 0.2) is 0 Å². The van der Waals surface area contributed by atoms with Gasteiger partial charge in [0.15, 0.2) is 0 Å². The Morgan fingerprint density at radius 1 is 1.36 bits per heavy atom. The number of aliphatic hydroxyl groups is 1. The van der Waals surface area contributed by atoms with Gasteiger partial charge in [-0.15, -0.1) is 0 Å². The lowest BCUT2D eigenvalue weighted by atomic mass is 9.80. The van der Waals surface area contributed by atoms with Crippen LogP contribution < -0.4 is 5.32 Å². The van der Waals surface area contributed by atoms with Crippen LogP contribution in [-0.2, 0) is 0 Å². The van der Waals surface area contributed by atoms with E-state index in [2.05, 4.69) is 26.1 Å². The summed E-state index contributed by atoms with van der Waals surface area (Å²) in [6.45, 7) is 8.99. The van der Waals surface area contributed by atoms with E-state index in [-0.39, 0.29) is 0 Å². The Kier molecular flexibility index (Phi) is 3.96. The van der Waals surface area contributed by atoms with E-state index in [4.69, 9.17) is 0 Å². The summed E-state index contributed by atoms with van der Waals surface area (Å²) in [5.41, 5.74) is -0.571. The molecule has 1 saturated carbocycles. The molecule has 2 atom stereocenters. The lowest BCUT2D eigenvalue weighted by Crippen LogP contribution is -2.47. The van der Waals surface area contributed by atoms with Gasteiger partial charge in [0.1, 0.15) is 0 Å². The van der Waals surface area contributed by atoms with Gasteiger partial charge in [-0.1, -0.05) is 20.3 Å². The fraction of sp³-hybridized carbons (Fsp3) is 1.00. The molecule has 0 spiro atoms. The molecule has 0 aromatic carbocycles. The van der Waals surface area contributed by atoms with E-state index in [1.165, 1.54) is 19.3 Å². The molecule has 1 fully saturated rings. The molecule has 1 rings (SSSR count). The van der Waals surface area contributed by atoms with Crippen LogP contribution in [0.1, 0.15) is 47.0 Å². The van der Waals surface area contributed by atoms with Crippen molar-refractivity contribution in [3.63, 3.8) is 0 Å². The van der Waals surface area contributed by atoms with E-state index in [0.717, 1.165) is 5.92 Å². The second kappa shape index (κ2) is 4.63. The van der Waals surface area contributed by atoms with Crippen LogP contribution in [-0.4, -0.2) is 23.3 Å². The molecule has 2 heteroatoms. The highest BCUT2D eigenvalue weighted by molar-refractivity contribution is 4.84. The summed E-state index contributed by atoms with van der Waals surface area (Å²) in [5, 5.41) is 13.5. The highest BCUT2D eigenvalue weighted by atomic mass is 16.3. The van der Waals surface area contributed by atoms with E-state index in [0.29, 0.717) is 18.5 Å². The zero-order chi connectivity index (χ0) is 10.8. The Hall–Kier alpha value is -0.0800. The highest BCUT2D eigenvalue weighted by Crippen LogP contribution is 2.29. The molecule has 1 aliphatic rings. The fourth-order valence-corrected chi connectivity index (χ4v) is 1.68. The molecule has 84 valence electrons. The van der Waals surface area contributed by atoms with Gasteiger partial charge >= 0.3 is 0 Å². The topological polar surface area (TPSA) is 32.3 Å². The number of rotatable bonds is 5. The van der Waals surface area contributed by atoms with Crippen molar-refractivity contribution in [2.24, 2.45) is 11.8 Å². The summed E-state index contributed by atoms with van der Waals surface area (Å²) in [4.78, 5) is 0. The average Bonchev–Trinajstić information content (AvgIpc) is 1.97. The molecule has 2 unspecified atom stereocenters. The van der Waals surface area contributed by atoms with E-state index < -0.39 is 5.60 Å². The first-order valence-electron chi connectivity index (χ1n) is 5.89. The molecule has 2 N–H and O–H groups in total. The van der Waals surface area contributed by atoms with Crippen LogP contribution in [0.25, 0.3) is 0 Å². The minimum Gasteiger partial charge on any atom is -0.389 e. The van der Waals surface area contributed by atoms with Gasteiger partial charge in [0.2, 0.25) is 0 Å². The quantitative estimate of drug-likeness (QED) is 0.711. The van der Waals surface area contributed by atoms with Crippen LogP contribution in [0.4, 0.5) is 0 Å². The van der Waals surface area contributed by atoms with Gasteiger partial charge in [0, 0.05) is 12.6 Å². The van der Waals surface area contributed by atoms with Crippen molar-refractivity contribution in [1.29, 1.82) is 0 Å². The molecular weight excluding hydrogens is 174 g/mol. The Morgan fingerprint density at radius 3 is 2.29 bits per heavy atom. The van der Waals surface area contributed by atoms with Gasteiger partial charge in [-0.3, -0.25) is 0 Å². The summed E-state index contributed by atoms with van der Waals surface area (Å²) in [6, 6.07) is 0.564. The van der Waals surface area contributed by atoms with Gasteiger partial charge in [-0.2, -0.15) is 0 Å². The largest absolute Gasteiger partial charge is 0.389 e. The predicted molar refractivity (Wildman–Crippen MR) is 60.3 cm³/mol. The number of hydrogen-bond donors (Lipinski definition) is 2. The second-order valence-electron chi connectivity index (χ2n) is 5.37. The SMILES string of the molecule is CC(NCC(C)(O)C(C)C)C1CCC1. The van der Waals surface area contributed by atoms with Crippen molar-refractivity contribution in [2.45, 2.75) is 58.6 Å². The molecule has 0 bridgehead atoms.